The third-order valence-corrected chi connectivity index (χ3v) is 3.24. The quantitative estimate of drug-likeness (QED) is 0.846. The SMILES string of the molecule is C[C@H](CN(C)Cc1cnc2ccccc2c1)C(F)(F)F. The fraction of sp³-hybridized carbons (Fsp3) is 0.400. The van der Waals surface area contributed by atoms with E-state index in [0.29, 0.717) is 6.54 Å². The van der Waals surface area contributed by atoms with Crippen LogP contribution < -0.4 is 0 Å². The molecule has 2 nitrogen and oxygen atoms in total. The number of benzene rings is 1. The maximum atomic E-state index is 12.5. The normalized spacial score (nSPS) is 13.9. The van der Waals surface area contributed by atoms with Gasteiger partial charge in [0, 0.05) is 24.7 Å². The first-order valence-electron chi connectivity index (χ1n) is 6.45. The summed E-state index contributed by atoms with van der Waals surface area (Å²) in [5, 5.41) is 1.00. The molecule has 0 aliphatic heterocycles. The average molecular weight is 282 g/mol. The van der Waals surface area contributed by atoms with Gasteiger partial charge < -0.3 is 4.90 Å². The second-order valence-corrected chi connectivity index (χ2v) is 5.18. The van der Waals surface area contributed by atoms with E-state index in [4.69, 9.17) is 0 Å². The third-order valence-electron chi connectivity index (χ3n) is 3.24. The first-order valence-corrected chi connectivity index (χ1v) is 6.45. The zero-order chi connectivity index (χ0) is 14.8. The van der Waals surface area contributed by atoms with Gasteiger partial charge in [-0.1, -0.05) is 25.1 Å². The van der Waals surface area contributed by atoms with Gasteiger partial charge in [-0.05, 0) is 24.7 Å². The van der Waals surface area contributed by atoms with Gasteiger partial charge in [0.15, 0.2) is 0 Å². The highest BCUT2D eigenvalue weighted by atomic mass is 19.4. The van der Waals surface area contributed by atoms with E-state index >= 15 is 0 Å². The minimum atomic E-state index is -4.14. The van der Waals surface area contributed by atoms with E-state index in [1.165, 1.54) is 6.92 Å². The lowest BCUT2D eigenvalue weighted by Gasteiger charge is -2.23. The minimum Gasteiger partial charge on any atom is -0.301 e. The van der Waals surface area contributed by atoms with Crippen molar-refractivity contribution >= 4 is 10.9 Å². The van der Waals surface area contributed by atoms with Gasteiger partial charge in [0.25, 0.3) is 0 Å². The Hall–Kier alpha value is -1.62. The number of aromatic nitrogens is 1. The largest absolute Gasteiger partial charge is 0.392 e. The second-order valence-electron chi connectivity index (χ2n) is 5.18. The van der Waals surface area contributed by atoms with Crippen LogP contribution >= 0.6 is 0 Å². The highest BCUT2D eigenvalue weighted by molar-refractivity contribution is 5.78. The minimum absolute atomic E-state index is 0.0175. The summed E-state index contributed by atoms with van der Waals surface area (Å²) in [5.41, 5.74) is 1.81. The summed E-state index contributed by atoms with van der Waals surface area (Å²) in [6.07, 6.45) is -2.42. The fourth-order valence-electron chi connectivity index (χ4n) is 2.15. The van der Waals surface area contributed by atoms with Gasteiger partial charge in [-0.3, -0.25) is 4.98 Å². The number of nitrogens with zero attached hydrogens (tertiary/aromatic N) is 2. The molecule has 108 valence electrons. The Labute approximate surface area is 116 Å². The molecule has 2 rings (SSSR count). The molecule has 0 bridgehead atoms. The second kappa shape index (κ2) is 5.79. The van der Waals surface area contributed by atoms with Gasteiger partial charge in [0.05, 0.1) is 11.4 Å². The molecule has 0 aliphatic carbocycles. The van der Waals surface area contributed by atoms with E-state index in [0.717, 1.165) is 16.5 Å². The zero-order valence-electron chi connectivity index (χ0n) is 11.5. The molecule has 0 saturated heterocycles. The number of hydrogen-bond donors (Lipinski definition) is 0. The Morgan fingerprint density at radius 1 is 1.25 bits per heavy atom. The molecule has 20 heavy (non-hydrogen) atoms. The summed E-state index contributed by atoms with van der Waals surface area (Å²) < 4.78 is 37.6. The number of alkyl halides is 3. The van der Waals surface area contributed by atoms with Crippen LogP contribution in [-0.2, 0) is 6.54 Å². The number of pyridine rings is 1. The van der Waals surface area contributed by atoms with Crippen molar-refractivity contribution in [3.63, 3.8) is 0 Å². The number of rotatable bonds is 4. The molecule has 2 aromatic rings. The lowest BCUT2D eigenvalue weighted by Crippen LogP contribution is -2.32. The van der Waals surface area contributed by atoms with Crippen molar-refractivity contribution < 1.29 is 13.2 Å². The first kappa shape index (κ1) is 14.8. The summed E-state index contributed by atoms with van der Waals surface area (Å²) in [6.45, 7) is 1.64. The lowest BCUT2D eigenvalue weighted by atomic mass is 10.1. The van der Waals surface area contributed by atoms with E-state index in [1.807, 2.05) is 30.3 Å². The topological polar surface area (TPSA) is 16.1 Å². The zero-order valence-corrected chi connectivity index (χ0v) is 11.5. The van der Waals surface area contributed by atoms with Crippen LogP contribution in [0.5, 0.6) is 0 Å². The molecular weight excluding hydrogens is 265 g/mol. The monoisotopic (exact) mass is 282 g/mol. The van der Waals surface area contributed by atoms with Crippen molar-refractivity contribution in [2.24, 2.45) is 5.92 Å². The van der Waals surface area contributed by atoms with Crippen molar-refractivity contribution in [2.75, 3.05) is 13.6 Å². The van der Waals surface area contributed by atoms with Crippen LogP contribution in [0.4, 0.5) is 13.2 Å². The summed E-state index contributed by atoms with van der Waals surface area (Å²) in [5.74, 6) is -1.33. The standard InChI is InChI=1S/C15H17F3N2/c1-11(15(16,17)18)9-20(2)10-12-7-13-5-3-4-6-14(13)19-8-12/h3-8,11H,9-10H2,1-2H3/t11-/m1/s1. The molecule has 0 unspecified atom stereocenters. The Morgan fingerprint density at radius 3 is 2.65 bits per heavy atom. The van der Waals surface area contributed by atoms with E-state index in [1.54, 1.807) is 18.1 Å². The number of halogens is 3. The van der Waals surface area contributed by atoms with Gasteiger partial charge in [-0.25, -0.2) is 0 Å². The van der Waals surface area contributed by atoms with Gasteiger partial charge in [-0.2, -0.15) is 13.2 Å². The fourth-order valence-corrected chi connectivity index (χ4v) is 2.15. The van der Waals surface area contributed by atoms with E-state index in [9.17, 15) is 13.2 Å². The molecule has 5 heteroatoms. The Morgan fingerprint density at radius 2 is 1.95 bits per heavy atom. The van der Waals surface area contributed by atoms with Crippen LogP contribution in [0.2, 0.25) is 0 Å². The first-order chi connectivity index (χ1) is 9.36. The summed E-state index contributed by atoms with van der Waals surface area (Å²) >= 11 is 0. The Bertz CT molecular complexity index is 581. The van der Waals surface area contributed by atoms with Crippen LogP contribution in [0.1, 0.15) is 12.5 Å². The van der Waals surface area contributed by atoms with Crippen molar-refractivity contribution in [3.05, 3.63) is 42.1 Å². The van der Waals surface area contributed by atoms with Gasteiger partial charge in [0.1, 0.15) is 0 Å². The lowest BCUT2D eigenvalue weighted by molar-refractivity contribution is -0.173. The smallest absolute Gasteiger partial charge is 0.301 e. The third kappa shape index (κ3) is 3.70. The van der Waals surface area contributed by atoms with Crippen molar-refractivity contribution in [2.45, 2.75) is 19.6 Å². The molecule has 1 aromatic heterocycles. The number of fused-ring (bicyclic) bond motifs is 1. The van der Waals surface area contributed by atoms with Gasteiger partial charge in [0.2, 0.25) is 0 Å². The van der Waals surface area contributed by atoms with E-state index in [-0.39, 0.29) is 6.54 Å². The number of para-hydroxylation sites is 1. The summed E-state index contributed by atoms with van der Waals surface area (Å²) in [4.78, 5) is 5.98. The molecule has 0 amide bonds. The maximum Gasteiger partial charge on any atom is 0.392 e. The highest BCUT2D eigenvalue weighted by Gasteiger charge is 2.36. The molecule has 1 atom stereocenters. The highest BCUT2D eigenvalue weighted by Crippen LogP contribution is 2.26. The predicted octanol–water partition coefficient (Wildman–Crippen LogP) is 3.87. The Kier molecular flexibility index (Phi) is 4.28. The summed E-state index contributed by atoms with van der Waals surface area (Å²) in [7, 11) is 1.69. The molecule has 0 fully saturated rings. The maximum absolute atomic E-state index is 12.5. The van der Waals surface area contributed by atoms with E-state index in [2.05, 4.69) is 4.98 Å². The molecule has 0 radical (unpaired) electrons. The van der Waals surface area contributed by atoms with Crippen LogP contribution in [0.25, 0.3) is 10.9 Å². The van der Waals surface area contributed by atoms with Crippen molar-refractivity contribution in [1.82, 2.24) is 9.88 Å². The molecule has 0 aliphatic rings. The Balaban J connectivity index is 2.04. The van der Waals surface area contributed by atoms with Crippen LogP contribution in [0.3, 0.4) is 0 Å². The molecule has 0 saturated carbocycles. The van der Waals surface area contributed by atoms with Crippen molar-refractivity contribution in [3.8, 4) is 0 Å². The molecule has 1 aromatic carbocycles. The van der Waals surface area contributed by atoms with Crippen LogP contribution in [-0.4, -0.2) is 29.7 Å². The molecule has 0 spiro atoms. The molecule has 0 N–H and O–H groups in total. The predicted molar refractivity (Wildman–Crippen MR) is 73.3 cm³/mol. The average Bonchev–Trinajstić information content (AvgIpc) is 2.37. The van der Waals surface area contributed by atoms with Crippen LogP contribution in [0.15, 0.2) is 36.5 Å². The number of hydrogen-bond acceptors (Lipinski definition) is 2. The van der Waals surface area contributed by atoms with Crippen LogP contribution in [0, 0.1) is 5.92 Å². The summed E-state index contributed by atoms with van der Waals surface area (Å²) in [6, 6.07) is 9.66. The van der Waals surface area contributed by atoms with Gasteiger partial charge in [-0.15, -0.1) is 0 Å². The van der Waals surface area contributed by atoms with Gasteiger partial charge >= 0.3 is 6.18 Å². The molecular formula is C15H17F3N2. The van der Waals surface area contributed by atoms with E-state index < -0.39 is 12.1 Å². The molecule has 1 heterocycles. The van der Waals surface area contributed by atoms with Crippen molar-refractivity contribution in [1.29, 1.82) is 0 Å².